The molecule has 1 N–H and O–H groups in total. The Labute approximate surface area is 126 Å². The van der Waals surface area contributed by atoms with Crippen LogP contribution in [0.3, 0.4) is 0 Å². The second-order valence-electron chi connectivity index (χ2n) is 4.79. The van der Waals surface area contributed by atoms with Crippen LogP contribution in [0.2, 0.25) is 0 Å². The average molecular weight is 285 g/mol. The lowest BCUT2D eigenvalue weighted by molar-refractivity contribution is 0.338. The van der Waals surface area contributed by atoms with E-state index in [9.17, 15) is 0 Å². The SMILES string of the molecule is CCCNCc1ccccc1Oc1cccc(OCC)c1. The van der Waals surface area contributed by atoms with Gasteiger partial charge in [0, 0.05) is 18.2 Å². The predicted molar refractivity (Wildman–Crippen MR) is 86.1 cm³/mol. The summed E-state index contributed by atoms with van der Waals surface area (Å²) in [4.78, 5) is 0. The monoisotopic (exact) mass is 285 g/mol. The topological polar surface area (TPSA) is 30.5 Å². The first-order valence-electron chi connectivity index (χ1n) is 7.52. The zero-order valence-electron chi connectivity index (χ0n) is 12.8. The highest BCUT2D eigenvalue weighted by molar-refractivity contribution is 5.40. The third-order valence-electron chi connectivity index (χ3n) is 3.06. The zero-order chi connectivity index (χ0) is 14.9. The van der Waals surface area contributed by atoms with Gasteiger partial charge in [-0.2, -0.15) is 0 Å². The van der Waals surface area contributed by atoms with Crippen molar-refractivity contribution in [3.63, 3.8) is 0 Å². The summed E-state index contributed by atoms with van der Waals surface area (Å²) in [6.07, 6.45) is 1.12. The molecule has 0 aliphatic rings. The number of hydrogen-bond donors (Lipinski definition) is 1. The van der Waals surface area contributed by atoms with E-state index in [1.165, 1.54) is 0 Å². The van der Waals surface area contributed by atoms with E-state index in [-0.39, 0.29) is 0 Å². The Kier molecular flexibility index (Phi) is 6.10. The summed E-state index contributed by atoms with van der Waals surface area (Å²) in [6.45, 7) is 6.61. The molecule has 0 radical (unpaired) electrons. The van der Waals surface area contributed by atoms with Gasteiger partial charge >= 0.3 is 0 Å². The molecule has 3 nitrogen and oxygen atoms in total. The second-order valence-corrected chi connectivity index (χ2v) is 4.79. The maximum atomic E-state index is 6.01. The third-order valence-corrected chi connectivity index (χ3v) is 3.06. The Morgan fingerprint density at radius 1 is 0.952 bits per heavy atom. The van der Waals surface area contributed by atoms with Crippen LogP contribution in [0.5, 0.6) is 17.2 Å². The van der Waals surface area contributed by atoms with Gasteiger partial charge in [-0.25, -0.2) is 0 Å². The minimum absolute atomic E-state index is 0.654. The van der Waals surface area contributed by atoms with Gasteiger partial charge in [0.15, 0.2) is 0 Å². The summed E-state index contributed by atoms with van der Waals surface area (Å²) < 4.78 is 11.5. The van der Waals surface area contributed by atoms with E-state index in [4.69, 9.17) is 9.47 Å². The lowest BCUT2D eigenvalue weighted by Gasteiger charge is -2.12. The molecular formula is C18H23NO2. The van der Waals surface area contributed by atoms with Crippen molar-refractivity contribution in [1.29, 1.82) is 0 Å². The first kappa shape index (κ1) is 15.4. The van der Waals surface area contributed by atoms with Crippen molar-refractivity contribution in [1.82, 2.24) is 5.32 Å². The fourth-order valence-electron chi connectivity index (χ4n) is 2.07. The van der Waals surface area contributed by atoms with Crippen molar-refractivity contribution in [2.75, 3.05) is 13.2 Å². The van der Waals surface area contributed by atoms with Gasteiger partial charge in [-0.05, 0) is 38.1 Å². The van der Waals surface area contributed by atoms with E-state index in [0.29, 0.717) is 6.61 Å². The molecule has 2 aromatic carbocycles. The fourth-order valence-corrected chi connectivity index (χ4v) is 2.07. The number of hydrogen-bond acceptors (Lipinski definition) is 3. The molecule has 0 saturated heterocycles. The van der Waals surface area contributed by atoms with Gasteiger partial charge in [-0.3, -0.25) is 0 Å². The first-order chi connectivity index (χ1) is 10.3. The van der Waals surface area contributed by atoms with E-state index in [0.717, 1.165) is 42.3 Å². The molecule has 0 atom stereocenters. The van der Waals surface area contributed by atoms with Crippen LogP contribution in [-0.4, -0.2) is 13.2 Å². The molecule has 0 unspecified atom stereocenters. The molecule has 0 saturated carbocycles. The smallest absolute Gasteiger partial charge is 0.131 e. The van der Waals surface area contributed by atoms with Crippen molar-refractivity contribution in [3.05, 3.63) is 54.1 Å². The van der Waals surface area contributed by atoms with Gasteiger partial charge in [0.25, 0.3) is 0 Å². The minimum atomic E-state index is 0.654. The van der Waals surface area contributed by atoms with Gasteiger partial charge in [0.1, 0.15) is 17.2 Å². The van der Waals surface area contributed by atoms with Gasteiger partial charge in [0.2, 0.25) is 0 Å². The van der Waals surface area contributed by atoms with Crippen molar-refractivity contribution in [3.8, 4) is 17.2 Å². The molecule has 0 heterocycles. The third kappa shape index (κ3) is 4.80. The summed E-state index contributed by atoms with van der Waals surface area (Å²) in [7, 11) is 0. The van der Waals surface area contributed by atoms with Gasteiger partial charge in [-0.15, -0.1) is 0 Å². The fraction of sp³-hybridized carbons (Fsp3) is 0.333. The lowest BCUT2D eigenvalue weighted by atomic mass is 10.2. The number of para-hydroxylation sites is 1. The van der Waals surface area contributed by atoms with Crippen LogP contribution in [0.4, 0.5) is 0 Å². The van der Waals surface area contributed by atoms with Crippen LogP contribution in [0.15, 0.2) is 48.5 Å². The van der Waals surface area contributed by atoms with Crippen LogP contribution < -0.4 is 14.8 Å². The predicted octanol–water partition coefficient (Wildman–Crippen LogP) is 4.38. The van der Waals surface area contributed by atoms with Crippen molar-refractivity contribution in [2.45, 2.75) is 26.8 Å². The maximum Gasteiger partial charge on any atom is 0.131 e. The van der Waals surface area contributed by atoms with Crippen LogP contribution in [0.1, 0.15) is 25.8 Å². The summed E-state index contributed by atoms with van der Waals surface area (Å²) >= 11 is 0. The highest BCUT2D eigenvalue weighted by Gasteiger charge is 2.05. The molecule has 2 rings (SSSR count). The van der Waals surface area contributed by atoms with Crippen LogP contribution in [0.25, 0.3) is 0 Å². The molecule has 0 amide bonds. The second kappa shape index (κ2) is 8.32. The molecule has 0 bridgehead atoms. The largest absolute Gasteiger partial charge is 0.494 e. The maximum absolute atomic E-state index is 6.01. The highest BCUT2D eigenvalue weighted by Crippen LogP contribution is 2.27. The van der Waals surface area contributed by atoms with Crippen LogP contribution >= 0.6 is 0 Å². The van der Waals surface area contributed by atoms with Gasteiger partial charge in [-0.1, -0.05) is 31.2 Å². The van der Waals surface area contributed by atoms with E-state index >= 15 is 0 Å². The zero-order valence-corrected chi connectivity index (χ0v) is 12.8. The van der Waals surface area contributed by atoms with Gasteiger partial charge < -0.3 is 14.8 Å². The van der Waals surface area contributed by atoms with Crippen molar-refractivity contribution < 1.29 is 9.47 Å². The number of rotatable bonds is 8. The standard InChI is InChI=1S/C18H23NO2/c1-3-12-19-14-15-8-5-6-11-18(15)21-17-10-7-9-16(13-17)20-4-2/h5-11,13,19H,3-4,12,14H2,1-2H3. The minimum Gasteiger partial charge on any atom is -0.494 e. The normalized spacial score (nSPS) is 10.4. The Morgan fingerprint density at radius 3 is 2.57 bits per heavy atom. The molecule has 112 valence electrons. The molecule has 2 aromatic rings. The highest BCUT2D eigenvalue weighted by atomic mass is 16.5. The number of ether oxygens (including phenoxy) is 2. The molecule has 21 heavy (non-hydrogen) atoms. The Bertz CT molecular complexity index is 554. The van der Waals surface area contributed by atoms with Gasteiger partial charge in [0.05, 0.1) is 6.61 Å². The van der Waals surface area contributed by atoms with Crippen LogP contribution in [0, 0.1) is 0 Å². The molecule has 0 fully saturated rings. The van der Waals surface area contributed by atoms with Crippen molar-refractivity contribution in [2.24, 2.45) is 0 Å². The first-order valence-corrected chi connectivity index (χ1v) is 7.52. The Balaban J connectivity index is 2.09. The molecule has 0 aromatic heterocycles. The molecule has 0 aliphatic heterocycles. The summed E-state index contributed by atoms with van der Waals surface area (Å²) in [5, 5.41) is 3.40. The van der Waals surface area contributed by atoms with E-state index < -0.39 is 0 Å². The summed E-state index contributed by atoms with van der Waals surface area (Å²) in [6, 6.07) is 15.8. The molecule has 3 heteroatoms. The molecule has 0 spiro atoms. The Morgan fingerprint density at radius 2 is 1.76 bits per heavy atom. The van der Waals surface area contributed by atoms with E-state index in [1.54, 1.807) is 0 Å². The number of nitrogens with one attached hydrogen (secondary N) is 1. The summed E-state index contributed by atoms with van der Waals surface area (Å²) in [5.74, 6) is 2.51. The molecular weight excluding hydrogens is 262 g/mol. The average Bonchev–Trinajstić information content (AvgIpc) is 2.50. The van der Waals surface area contributed by atoms with Crippen molar-refractivity contribution >= 4 is 0 Å². The number of benzene rings is 2. The lowest BCUT2D eigenvalue weighted by Crippen LogP contribution is -2.14. The molecule has 0 aliphatic carbocycles. The Hall–Kier alpha value is -2.00. The van der Waals surface area contributed by atoms with E-state index in [1.807, 2.05) is 49.4 Å². The van der Waals surface area contributed by atoms with E-state index in [2.05, 4.69) is 18.3 Å². The quantitative estimate of drug-likeness (QED) is 0.730. The van der Waals surface area contributed by atoms with Crippen LogP contribution in [-0.2, 0) is 6.54 Å². The summed E-state index contributed by atoms with van der Waals surface area (Å²) in [5.41, 5.74) is 1.16.